The molecule has 13 heteroatoms. The molecule has 10 nitrogen and oxygen atoms in total. The SMILES string of the molecule is CCOc1cc(/C=C2/SC(=O)N(CC(=O)Nc3ccc(OC)c(Cl)c3)C2=O)ccc1OCC(=O)Nc1cccc(Cl)c1. The number of hydrogen-bond acceptors (Lipinski definition) is 8. The van der Waals surface area contributed by atoms with Gasteiger partial charge in [0.15, 0.2) is 18.1 Å². The van der Waals surface area contributed by atoms with E-state index in [2.05, 4.69) is 10.6 Å². The Labute approximate surface area is 255 Å². The summed E-state index contributed by atoms with van der Waals surface area (Å²) in [5.41, 5.74) is 1.48. The van der Waals surface area contributed by atoms with Gasteiger partial charge in [-0.1, -0.05) is 35.3 Å². The van der Waals surface area contributed by atoms with E-state index in [1.165, 1.54) is 19.3 Å². The lowest BCUT2D eigenvalue weighted by molar-refractivity contribution is -0.127. The van der Waals surface area contributed by atoms with E-state index >= 15 is 0 Å². The number of methoxy groups -OCH3 is 1. The summed E-state index contributed by atoms with van der Waals surface area (Å²) in [5, 5.41) is 5.52. The predicted molar refractivity (Wildman–Crippen MR) is 162 cm³/mol. The molecule has 2 N–H and O–H groups in total. The van der Waals surface area contributed by atoms with Crippen LogP contribution in [-0.4, -0.2) is 54.7 Å². The number of imide groups is 1. The van der Waals surface area contributed by atoms with Crippen molar-refractivity contribution < 1.29 is 33.4 Å². The summed E-state index contributed by atoms with van der Waals surface area (Å²) in [6.45, 7) is 1.35. The van der Waals surface area contributed by atoms with Crippen molar-refractivity contribution in [2.24, 2.45) is 0 Å². The van der Waals surface area contributed by atoms with Crippen molar-refractivity contribution in [2.45, 2.75) is 6.92 Å². The number of ether oxygens (including phenoxy) is 3. The first-order chi connectivity index (χ1) is 20.2. The molecular weight excluding hydrogens is 605 g/mol. The number of benzene rings is 3. The van der Waals surface area contributed by atoms with Gasteiger partial charge in [0.1, 0.15) is 12.3 Å². The predicted octanol–water partition coefficient (Wildman–Crippen LogP) is 6.09. The Hall–Kier alpha value is -4.19. The quantitative estimate of drug-likeness (QED) is 0.244. The Morgan fingerprint density at radius 3 is 2.36 bits per heavy atom. The molecule has 1 saturated heterocycles. The molecule has 1 heterocycles. The molecule has 1 aliphatic rings. The van der Waals surface area contributed by atoms with Gasteiger partial charge in [-0.25, -0.2) is 0 Å². The van der Waals surface area contributed by atoms with Crippen LogP contribution in [0.4, 0.5) is 16.2 Å². The van der Waals surface area contributed by atoms with Crippen molar-refractivity contribution in [1.29, 1.82) is 0 Å². The number of nitrogens with one attached hydrogen (secondary N) is 2. The van der Waals surface area contributed by atoms with Gasteiger partial charge >= 0.3 is 0 Å². The molecule has 1 fully saturated rings. The van der Waals surface area contributed by atoms with Crippen molar-refractivity contribution in [3.63, 3.8) is 0 Å². The molecule has 3 aromatic rings. The van der Waals surface area contributed by atoms with Crippen LogP contribution in [0.15, 0.2) is 65.6 Å². The van der Waals surface area contributed by atoms with Crippen molar-refractivity contribution in [2.75, 3.05) is 37.5 Å². The molecule has 218 valence electrons. The molecular formula is C29H25Cl2N3O7S. The van der Waals surface area contributed by atoms with E-state index in [0.29, 0.717) is 50.8 Å². The molecule has 0 spiro atoms. The van der Waals surface area contributed by atoms with Crippen molar-refractivity contribution >= 4 is 75.4 Å². The Kier molecular flexibility index (Phi) is 10.3. The number of carbonyl (C=O) groups is 4. The smallest absolute Gasteiger partial charge is 0.294 e. The van der Waals surface area contributed by atoms with Crippen LogP contribution in [0.3, 0.4) is 0 Å². The molecule has 0 unspecified atom stereocenters. The van der Waals surface area contributed by atoms with E-state index in [4.69, 9.17) is 37.4 Å². The van der Waals surface area contributed by atoms with Crippen LogP contribution < -0.4 is 24.8 Å². The van der Waals surface area contributed by atoms with Crippen LogP contribution in [0.2, 0.25) is 10.0 Å². The van der Waals surface area contributed by atoms with Gasteiger partial charge < -0.3 is 24.8 Å². The number of amides is 4. The third kappa shape index (κ3) is 7.96. The van der Waals surface area contributed by atoms with Crippen LogP contribution in [0.1, 0.15) is 12.5 Å². The van der Waals surface area contributed by atoms with Gasteiger partial charge in [0.2, 0.25) is 5.91 Å². The fourth-order valence-electron chi connectivity index (χ4n) is 3.78. The summed E-state index contributed by atoms with van der Waals surface area (Å²) in [4.78, 5) is 51.4. The highest BCUT2D eigenvalue weighted by atomic mass is 35.5. The first-order valence-corrected chi connectivity index (χ1v) is 14.1. The summed E-state index contributed by atoms with van der Waals surface area (Å²) in [5.74, 6) is -0.464. The lowest BCUT2D eigenvalue weighted by atomic mass is 10.2. The average molecular weight is 631 g/mol. The lowest BCUT2D eigenvalue weighted by Gasteiger charge is -2.13. The number of thioether (sulfide) groups is 1. The second-order valence-electron chi connectivity index (χ2n) is 8.65. The third-order valence-corrected chi connectivity index (χ3v) is 7.08. The number of anilines is 2. The highest BCUT2D eigenvalue weighted by molar-refractivity contribution is 8.18. The van der Waals surface area contributed by atoms with E-state index in [0.717, 1.165) is 16.7 Å². The average Bonchev–Trinajstić information content (AvgIpc) is 3.20. The molecule has 0 saturated carbocycles. The number of halogens is 2. The van der Waals surface area contributed by atoms with Gasteiger partial charge in [0, 0.05) is 16.4 Å². The minimum atomic E-state index is -0.608. The largest absolute Gasteiger partial charge is 0.495 e. The topological polar surface area (TPSA) is 123 Å². The maximum atomic E-state index is 13.0. The van der Waals surface area contributed by atoms with E-state index in [-0.39, 0.29) is 11.5 Å². The molecule has 4 rings (SSSR count). The summed E-state index contributed by atoms with van der Waals surface area (Å²) in [6.07, 6.45) is 1.52. The molecule has 42 heavy (non-hydrogen) atoms. The third-order valence-electron chi connectivity index (χ3n) is 5.64. The summed E-state index contributed by atoms with van der Waals surface area (Å²) < 4.78 is 16.4. The van der Waals surface area contributed by atoms with E-state index in [1.807, 2.05) is 0 Å². The van der Waals surface area contributed by atoms with E-state index in [1.54, 1.807) is 61.5 Å². The van der Waals surface area contributed by atoms with E-state index < -0.39 is 29.5 Å². The van der Waals surface area contributed by atoms with Gasteiger partial charge in [-0.3, -0.25) is 24.1 Å². The molecule has 0 aliphatic carbocycles. The molecule has 1 aliphatic heterocycles. The van der Waals surface area contributed by atoms with Crippen molar-refractivity contribution in [1.82, 2.24) is 4.90 Å². The Morgan fingerprint density at radius 2 is 1.64 bits per heavy atom. The number of carbonyl (C=O) groups excluding carboxylic acids is 4. The Bertz CT molecular complexity index is 1560. The van der Waals surface area contributed by atoms with Crippen LogP contribution >= 0.6 is 35.0 Å². The molecule has 3 aromatic carbocycles. The van der Waals surface area contributed by atoms with E-state index in [9.17, 15) is 19.2 Å². The zero-order valence-electron chi connectivity index (χ0n) is 22.4. The van der Waals surface area contributed by atoms with Crippen LogP contribution in [0.25, 0.3) is 6.08 Å². The molecule has 0 bridgehead atoms. The van der Waals surface area contributed by atoms with Gasteiger partial charge in [-0.15, -0.1) is 0 Å². The number of nitrogens with zero attached hydrogens (tertiary/aromatic N) is 1. The van der Waals surface area contributed by atoms with Gasteiger partial charge in [-0.05, 0) is 78.9 Å². The first-order valence-electron chi connectivity index (χ1n) is 12.5. The van der Waals surface area contributed by atoms with Gasteiger partial charge in [0.25, 0.3) is 17.1 Å². The maximum Gasteiger partial charge on any atom is 0.294 e. The van der Waals surface area contributed by atoms with Crippen molar-refractivity contribution in [3.8, 4) is 17.2 Å². The zero-order chi connectivity index (χ0) is 30.2. The monoisotopic (exact) mass is 629 g/mol. The fraction of sp³-hybridized carbons (Fsp3) is 0.172. The summed E-state index contributed by atoms with van der Waals surface area (Å²) >= 11 is 12.8. The van der Waals surface area contributed by atoms with Crippen molar-refractivity contribution in [3.05, 3.63) is 81.2 Å². The van der Waals surface area contributed by atoms with Crippen LogP contribution in [0, 0.1) is 0 Å². The lowest BCUT2D eigenvalue weighted by Crippen LogP contribution is -2.36. The first kappa shape index (κ1) is 30.8. The Morgan fingerprint density at radius 1 is 0.905 bits per heavy atom. The maximum absolute atomic E-state index is 13.0. The minimum Gasteiger partial charge on any atom is -0.495 e. The normalized spacial score (nSPS) is 13.7. The van der Waals surface area contributed by atoms with Gasteiger partial charge in [-0.2, -0.15) is 0 Å². The standard InChI is InChI=1S/C29H25Cl2N3O7S/c1-3-40-24-11-17(7-9-23(24)41-16-27(36)33-19-6-4-5-18(30)13-19)12-25-28(37)34(29(38)42-25)15-26(35)32-20-8-10-22(39-2)21(31)14-20/h4-14H,3,15-16H2,1-2H3,(H,32,35)(H,33,36)/b25-12+. The second-order valence-corrected chi connectivity index (χ2v) is 10.5. The molecule has 0 radical (unpaired) electrons. The number of rotatable bonds is 11. The fourth-order valence-corrected chi connectivity index (χ4v) is 5.07. The molecule has 0 aromatic heterocycles. The highest BCUT2D eigenvalue weighted by Crippen LogP contribution is 2.35. The second kappa shape index (κ2) is 14.1. The molecule has 4 amide bonds. The number of hydrogen-bond donors (Lipinski definition) is 2. The summed E-state index contributed by atoms with van der Waals surface area (Å²) in [7, 11) is 1.47. The highest BCUT2D eigenvalue weighted by Gasteiger charge is 2.36. The minimum absolute atomic E-state index is 0.136. The zero-order valence-corrected chi connectivity index (χ0v) is 24.8. The molecule has 0 atom stereocenters. The Balaban J connectivity index is 1.40. The van der Waals surface area contributed by atoms with Crippen LogP contribution in [-0.2, 0) is 14.4 Å². The van der Waals surface area contributed by atoms with Crippen LogP contribution in [0.5, 0.6) is 17.2 Å². The van der Waals surface area contributed by atoms with Gasteiger partial charge in [0.05, 0.1) is 23.6 Å². The summed E-state index contributed by atoms with van der Waals surface area (Å²) in [6, 6.07) is 16.3.